The maximum atomic E-state index is 12.8. The molecule has 0 atom stereocenters. The molecule has 0 unspecified atom stereocenters. The molecule has 1 N–H and O–H groups in total. The Balaban J connectivity index is 1.38. The summed E-state index contributed by atoms with van der Waals surface area (Å²) in [6.45, 7) is 7.83. The van der Waals surface area contributed by atoms with E-state index in [9.17, 15) is 9.59 Å². The molecule has 0 saturated heterocycles. The van der Waals surface area contributed by atoms with Crippen molar-refractivity contribution >= 4 is 23.2 Å². The van der Waals surface area contributed by atoms with E-state index in [1.54, 1.807) is 11.3 Å². The quantitative estimate of drug-likeness (QED) is 0.672. The van der Waals surface area contributed by atoms with E-state index in [0.29, 0.717) is 25.1 Å². The average Bonchev–Trinajstić information content (AvgIpc) is 3.32. The molecule has 0 spiro atoms. The van der Waals surface area contributed by atoms with Crippen LogP contribution in [0, 0.1) is 20.8 Å². The molecular weight excluding hydrogens is 394 g/mol. The number of aromatic nitrogens is 1. The van der Waals surface area contributed by atoms with Crippen LogP contribution in [0.5, 0.6) is 0 Å². The normalized spacial score (nSPS) is 13.2. The minimum atomic E-state index is -0.130. The molecule has 6 heteroatoms. The first kappa shape index (κ1) is 20.4. The highest BCUT2D eigenvalue weighted by atomic mass is 32.1. The number of carbonyl (C=O) groups is 2. The molecule has 2 aromatic heterocycles. The predicted octanol–water partition coefficient (Wildman–Crippen LogP) is 4.17. The molecule has 0 aliphatic carbocycles. The van der Waals surface area contributed by atoms with E-state index in [0.717, 1.165) is 35.6 Å². The molecule has 0 saturated carbocycles. The summed E-state index contributed by atoms with van der Waals surface area (Å²) in [4.78, 5) is 28.6. The van der Waals surface area contributed by atoms with E-state index in [2.05, 4.69) is 40.4 Å². The molecule has 1 aliphatic rings. The maximum absolute atomic E-state index is 12.8. The zero-order valence-electron chi connectivity index (χ0n) is 17.7. The number of para-hydroxylation sites is 1. The van der Waals surface area contributed by atoms with Gasteiger partial charge in [-0.3, -0.25) is 9.59 Å². The third-order valence-electron chi connectivity index (χ3n) is 5.82. The van der Waals surface area contributed by atoms with Crippen molar-refractivity contribution in [2.24, 2.45) is 0 Å². The van der Waals surface area contributed by atoms with Crippen molar-refractivity contribution in [1.29, 1.82) is 0 Å². The Morgan fingerprint density at radius 2 is 1.93 bits per heavy atom. The average molecular weight is 422 g/mol. The van der Waals surface area contributed by atoms with Crippen LogP contribution in [-0.4, -0.2) is 34.4 Å². The van der Waals surface area contributed by atoms with E-state index >= 15 is 0 Å². The summed E-state index contributed by atoms with van der Waals surface area (Å²) in [5.41, 5.74) is 6.08. The Morgan fingerprint density at radius 1 is 1.13 bits per heavy atom. The molecule has 3 heterocycles. The fraction of sp³-hybridized carbons (Fsp3) is 0.333. The highest BCUT2D eigenvalue weighted by Crippen LogP contribution is 2.25. The summed E-state index contributed by atoms with van der Waals surface area (Å²) in [7, 11) is 0. The van der Waals surface area contributed by atoms with Crippen molar-refractivity contribution in [3.05, 3.63) is 74.7 Å². The number of amides is 2. The van der Waals surface area contributed by atoms with Crippen molar-refractivity contribution in [1.82, 2.24) is 14.8 Å². The lowest BCUT2D eigenvalue weighted by molar-refractivity contribution is -0.131. The van der Waals surface area contributed by atoms with Gasteiger partial charge in [0.25, 0.3) is 5.91 Å². The lowest BCUT2D eigenvalue weighted by atomic mass is 10.1. The minimum Gasteiger partial charge on any atom is -0.351 e. The van der Waals surface area contributed by atoms with Crippen LogP contribution < -0.4 is 5.32 Å². The van der Waals surface area contributed by atoms with Gasteiger partial charge in [0.05, 0.1) is 5.56 Å². The van der Waals surface area contributed by atoms with Crippen LogP contribution in [0.3, 0.4) is 0 Å². The van der Waals surface area contributed by atoms with E-state index in [1.807, 2.05) is 36.9 Å². The molecule has 1 aromatic carbocycles. The standard InChI is InChI=1S/C24H27N3O2S/c1-16-6-4-5-7-21(16)27-17(2)14-20(18(27)3)24(29)25-11-8-23(28)26-12-9-22-19(15-26)10-13-30-22/h4-7,10,13-14H,8-9,11-12,15H2,1-3H3,(H,25,29). The zero-order valence-corrected chi connectivity index (χ0v) is 18.5. The smallest absolute Gasteiger partial charge is 0.253 e. The van der Waals surface area contributed by atoms with E-state index in [4.69, 9.17) is 0 Å². The van der Waals surface area contributed by atoms with E-state index < -0.39 is 0 Å². The highest BCUT2D eigenvalue weighted by Gasteiger charge is 2.22. The van der Waals surface area contributed by atoms with Crippen molar-refractivity contribution in [3.63, 3.8) is 0 Å². The van der Waals surface area contributed by atoms with Gasteiger partial charge >= 0.3 is 0 Å². The molecule has 4 rings (SSSR count). The molecule has 1 aliphatic heterocycles. The molecule has 30 heavy (non-hydrogen) atoms. The van der Waals surface area contributed by atoms with Crippen LogP contribution in [0.4, 0.5) is 0 Å². The molecule has 3 aromatic rings. The second-order valence-electron chi connectivity index (χ2n) is 7.85. The topological polar surface area (TPSA) is 54.3 Å². The number of benzene rings is 1. The number of aryl methyl sites for hydroxylation is 2. The van der Waals surface area contributed by atoms with Gasteiger partial charge in [0, 0.05) is 48.0 Å². The van der Waals surface area contributed by atoms with Gasteiger partial charge in [0.1, 0.15) is 0 Å². The van der Waals surface area contributed by atoms with Crippen molar-refractivity contribution in [3.8, 4) is 5.69 Å². The Morgan fingerprint density at radius 3 is 2.73 bits per heavy atom. The molecule has 0 fully saturated rings. The van der Waals surface area contributed by atoms with E-state index in [-0.39, 0.29) is 11.8 Å². The van der Waals surface area contributed by atoms with Gasteiger partial charge in [-0.25, -0.2) is 0 Å². The molecule has 0 radical (unpaired) electrons. The zero-order chi connectivity index (χ0) is 21.3. The number of hydrogen-bond acceptors (Lipinski definition) is 3. The fourth-order valence-corrected chi connectivity index (χ4v) is 5.07. The summed E-state index contributed by atoms with van der Waals surface area (Å²) < 4.78 is 2.11. The van der Waals surface area contributed by atoms with Crippen molar-refractivity contribution in [2.75, 3.05) is 13.1 Å². The molecule has 2 amide bonds. The van der Waals surface area contributed by atoms with Crippen LogP contribution in [0.25, 0.3) is 5.69 Å². The Hall–Kier alpha value is -2.86. The van der Waals surface area contributed by atoms with Crippen LogP contribution in [0.1, 0.15) is 44.2 Å². The van der Waals surface area contributed by atoms with Gasteiger partial charge in [-0.05, 0) is 61.9 Å². The molecule has 0 bridgehead atoms. The van der Waals surface area contributed by atoms with Crippen molar-refractivity contribution < 1.29 is 9.59 Å². The number of rotatable bonds is 5. The number of nitrogens with zero attached hydrogens (tertiary/aromatic N) is 2. The maximum Gasteiger partial charge on any atom is 0.253 e. The van der Waals surface area contributed by atoms with E-state index in [1.165, 1.54) is 10.4 Å². The number of nitrogens with one attached hydrogen (secondary N) is 1. The second-order valence-corrected chi connectivity index (χ2v) is 8.85. The van der Waals surface area contributed by atoms with Gasteiger partial charge in [0.15, 0.2) is 0 Å². The van der Waals surface area contributed by atoms with Crippen LogP contribution in [0.15, 0.2) is 41.8 Å². The lowest BCUT2D eigenvalue weighted by Gasteiger charge is -2.27. The SMILES string of the molecule is Cc1ccccc1-n1c(C)cc(C(=O)NCCC(=O)N2CCc3sccc3C2)c1C. The van der Waals surface area contributed by atoms with Crippen LogP contribution in [-0.2, 0) is 17.8 Å². The molecule has 156 valence electrons. The number of thiophene rings is 1. The third kappa shape index (κ3) is 3.92. The number of fused-ring (bicyclic) bond motifs is 1. The van der Waals surface area contributed by atoms with Gasteiger partial charge in [-0.1, -0.05) is 18.2 Å². The summed E-state index contributed by atoms with van der Waals surface area (Å²) in [6, 6.07) is 12.2. The fourth-order valence-electron chi connectivity index (χ4n) is 4.18. The minimum absolute atomic E-state index is 0.0949. The van der Waals surface area contributed by atoms with Crippen LogP contribution >= 0.6 is 11.3 Å². The molecule has 5 nitrogen and oxygen atoms in total. The third-order valence-corrected chi connectivity index (χ3v) is 6.84. The van der Waals surface area contributed by atoms with Gasteiger partial charge in [-0.2, -0.15) is 0 Å². The van der Waals surface area contributed by atoms with Gasteiger partial charge in [-0.15, -0.1) is 11.3 Å². The molecular formula is C24H27N3O2S. The van der Waals surface area contributed by atoms with Crippen LogP contribution in [0.2, 0.25) is 0 Å². The van der Waals surface area contributed by atoms with Crippen molar-refractivity contribution in [2.45, 2.75) is 40.2 Å². The highest BCUT2D eigenvalue weighted by molar-refractivity contribution is 7.10. The Bertz CT molecular complexity index is 1100. The first-order chi connectivity index (χ1) is 14.5. The monoisotopic (exact) mass is 421 g/mol. The first-order valence-corrected chi connectivity index (χ1v) is 11.2. The second kappa shape index (κ2) is 8.48. The summed E-state index contributed by atoms with van der Waals surface area (Å²) >= 11 is 1.77. The summed E-state index contributed by atoms with van der Waals surface area (Å²) in [5.74, 6) is -0.0352. The Labute approximate surface area is 181 Å². The number of hydrogen-bond donors (Lipinski definition) is 1. The Kier molecular flexibility index (Phi) is 5.77. The summed E-state index contributed by atoms with van der Waals surface area (Å²) in [5, 5.41) is 5.02. The first-order valence-electron chi connectivity index (χ1n) is 10.3. The van der Waals surface area contributed by atoms with Gasteiger partial charge < -0.3 is 14.8 Å². The summed E-state index contributed by atoms with van der Waals surface area (Å²) in [6.07, 6.45) is 1.25. The van der Waals surface area contributed by atoms with Gasteiger partial charge in [0.2, 0.25) is 5.91 Å². The lowest BCUT2D eigenvalue weighted by Crippen LogP contribution is -2.37. The predicted molar refractivity (Wildman–Crippen MR) is 120 cm³/mol. The largest absolute Gasteiger partial charge is 0.351 e. The number of carbonyl (C=O) groups excluding carboxylic acids is 2.